The molecule has 0 bridgehead atoms. The third kappa shape index (κ3) is 4.41. The molecule has 1 aliphatic carbocycles. The van der Waals surface area contributed by atoms with Gasteiger partial charge in [0.1, 0.15) is 5.82 Å². The number of rotatable bonds is 5. The summed E-state index contributed by atoms with van der Waals surface area (Å²) >= 11 is 0. The van der Waals surface area contributed by atoms with Gasteiger partial charge in [-0.15, -0.1) is 0 Å². The topological polar surface area (TPSA) is 70.2 Å². The van der Waals surface area contributed by atoms with Crippen molar-refractivity contribution in [1.29, 1.82) is 0 Å². The Hall–Kier alpha value is -2.84. The van der Waals surface area contributed by atoms with Crippen molar-refractivity contribution in [2.45, 2.75) is 19.0 Å². The van der Waals surface area contributed by atoms with E-state index in [-0.39, 0.29) is 23.6 Å². The fraction of sp³-hybridized carbons (Fsp3) is 0.353. The minimum absolute atomic E-state index is 0.0115. The van der Waals surface area contributed by atoms with Gasteiger partial charge in [-0.3, -0.25) is 4.79 Å². The lowest BCUT2D eigenvalue weighted by Gasteiger charge is -2.16. The van der Waals surface area contributed by atoms with Gasteiger partial charge in [-0.05, 0) is 37.1 Å². The van der Waals surface area contributed by atoms with E-state index < -0.39 is 11.9 Å². The maximum Gasteiger partial charge on any atom is 0.433 e. The number of nitrogens with one attached hydrogen (secondary N) is 2. The maximum absolute atomic E-state index is 13.0. The first-order chi connectivity index (χ1) is 12.2. The van der Waals surface area contributed by atoms with E-state index in [1.165, 1.54) is 4.90 Å². The van der Waals surface area contributed by atoms with Gasteiger partial charge in [-0.25, -0.2) is 4.98 Å². The SMILES string of the molecule is CN(C)c1cc(C(F)(F)F)nc(Nc2ccc(NC(=O)C3CC3)cc2)n1. The van der Waals surface area contributed by atoms with Crippen LogP contribution in [0.25, 0.3) is 0 Å². The minimum atomic E-state index is -4.57. The highest BCUT2D eigenvalue weighted by atomic mass is 19.4. The number of alkyl halides is 3. The van der Waals surface area contributed by atoms with Crippen molar-refractivity contribution in [3.05, 3.63) is 36.0 Å². The molecule has 0 radical (unpaired) electrons. The van der Waals surface area contributed by atoms with E-state index in [0.717, 1.165) is 18.9 Å². The number of amides is 1. The molecular formula is C17H18F3N5O. The summed E-state index contributed by atoms with van der Waals surface area (Å²) in [5, 5.41) is 5.56. The summed E-state index contributed by atoms with van der Waals surface area (Å²) in [7, 11) is 3.20. The Labute approximate surface area is 148 Å². The standard InChI is InChI=1S/C17H18F3N5O/c1-25(2)14-9-13(17(18,19)20)23-16(24-14)22-12-7-5-11(6-8-12)21-15(26)10-3-4-10/h5-10H,3-4H2,1-2H3,(H,21,26)(H,22,23,24). The average molecular weight is 365 g/mol. The summed E-state index contributed by atoms with van der Waals surface area (Å²) in [6, 6.07) is 7.51. The molecular weight excluding hydrogens is 347 g/mol. The number of aromatic nitrogens is 2. The Morgan fingerprint density at radius 3 is 2.27 bits per heavy atom. The van der Waals surface area contributed by atoms with Gasteiger partial charge >= 0.3 is 6.18 Å². The number of hydrogen-bond acceptors (Lipinski definition) is 5. The third-order valence-electron chi connectivity index (χ3n) is 3.82. The first-order valence-corrected chi connectivity index (χ1v) is 8.04. The highest BCUT2D eigenvalue weighted by molar-refractivity contribution is 5.94. The molecule has 3 rings (SSSR count). The number of nitrogens with zero attached hydrogens (tertiary/aromatic N) is 3. The summed E-state index contributed by atoms with van der Waals surface area (Å²) in [6.45, 7) is 0. The van der Waals surface area contributed by atoms with E-state index in [9.17, 15) is 18.0 Å². The molecule has 1 amide bonds. The van der Waals surface area contributed by atoms with Crippen LogP contribution in [0.1, 0.15) is 18.5 Å². The smallest absolute Gasteiger partial charge is 0.363 e. The summed E-state index contributed by atoms with van der Waals surface area (Å²) in [4.78, 5) is 20.8. The lowest BCUT2D eigenvalue weighted by atomic mass is 10.2. The molecule has 1 aliphatic rings. The van der Waals surface area contributed by atoms with Crippen LogP contribution in [-0.4, -0.2) is 30.0 Å². The zero-order valence-electron chi connectivity index (χ0n) is 14.3. The van der Waals surface area contributed by atoms with Crippen LogP contribution in [0.15, 0.2) is 30.3 Å². The van der Waals surface area contributed by atoms with Gasteiger partial charge in [0.05, 0.1) is 0 Å². The number of halogens is 3. The predicted octanol–water partition coefficient (Wildman–Crippen LogP) is 3.65. The molecule has 0 saturated heterocycles. The van der Waals surface area contributed by atoms with Crippen molar-refractivity contribution in [3.8, 4) is 0 Å². The Balaban J connectivity index is 1.77. The second-order valence-corrected chi connectivity index (χ2v) is 6.29. The van der Waals surface area contributed by atoms with E-state index in [1.54, 1.807) is 38.4 Å². The number of carbonyl (C=O) groups excluding carboxylic acids is 1. The van der Waals surface area contributed by atoms with Crippen LogP contribution in [0.3, 0.4) is 0 Å². The molecule has 0 aliphatic heterocycles. The van der Waals surface area contributed by atoms with Gasteiger partial charge in [-0.1, -0.05) is 0 Å². The molecule has 6 nitrogen and oxygen atoms in total. The van der Waals surface area contributed by atoms with Gasteiger partial charge in [0, 0.05) is 37.5 Å². The molecule has 0 unspecified atom stereocenters. The van der Waals surface area contributed by atoms with Crippen molar-refractivity contribution in [2.75, 3.05) is 29.6 Å². The fourth-order valence-electron chi connectivity index (χ4n) is 2.22. The summed E-state index contributed by atoms with van der Waals surface area (Å²) in [5.41, 5.74) is 0.122. The lowest BCUT2D eigenvalue weighted by molar-refractivity contribution is -0.141. The monoisotopic (exact) mass is 365 g/mol. The largest absolute Gasteiger partial charge is 0.433 e. The minimum Gasteiger partial charge on any atom is -0.363 e. The lowest BCUT2D eigenvalue weighted by Crippen LogP contribution is -2.16. The molecule has 1 fully saturated rings. The normalized spacial score (nSPS) is 14.0. The van der Waals surface area contributed by atoms with Crippen LogP contribution in [-0.2, 0) is 11.0 Å². The number of carbonyl (C=O) groups is 1. The molecule has 26 heavy (non-hydrogen) atoms. The van der Waals surface area contributed by atoms with E-state index in [1.807, 2.05) is 0 Å². The summed E-state index contributed by atoms with van der Waals surface area (Å²) < 4.78 is 39.1. The Kier molecular flexibility index (Phi) is 4.71. The van der Waals surface area contributed by atoms with Crippen molar-refractivity contribution < 1.29 is 18.0 Å². The Morgan fingerprint density at radius 2 is 1.73 bits per heavy atom. The van der Waals surface area contributed by atoms with Crippen molar-refractivity contribution >= 4 is 29.0 Å². The first kappa shape index (κ1) is 18.0. The molecule has 2 aromatic rings. The number of benzene rings is 1. The van der Waals surface area contributed by atoms with Crippen LogP contribution >= 0.6 is 0 Å². The number of anilines is 4. The summed E-state index contributed by atoms with van der Waals surface area (Å²) in [5.74, 6) is 0.0692. The molecule has 1 saturated carbocycles. The quantitative estimate of drug-likeness (QED) is 0.846. The van der Waals surface area contributed by atoms with Crippen molar-refractivity contribution in [2.24, 2.45) is 5.92 Å². The van der Waals surface area contributed by atoms with Crippen LogP contribution < -0.4 is 15.5 Å². The molecule has 0 atom stereocenters. The molecule has 2 N–H and O–H groups in total. The van der Waals surface area contributed by atoms with E-state index in [2.05, 4.69) is 20.6 Å². The highest BCUT2D eigenvalue weighted by Gasteiger charge is 2.34. The molecule has 138 valence electrons. The van der Waals surface area contributed by atoms with Crippen LogP contribution in [0, 0.1) is 5.92 Å². The second kappa shape index (κ2) is 6.81. The first-order valence-electron chi connectivity index (χ1n) is 8.04. The van der Waals surface area contributed by atoms with Gasteiger partial charge in [-0.2, -0.15) is 18.2 Å². The van der Waals surface area contributed by atoms with Gasteiger partial charge in [0.25, 0.3) is 0 Å². The molecule has 0 spiro atoms. The fourth-order valence-corrected chi connectivity index (χ4v) is 2.22. The van der Waals surface area contributed by atoms with E-state index in [4.69, 9.17) is 0 Å². The van der Waals surface area contributed by atoms with E-state index in [0.29, 0.717) is 11.4 Å². The highest BCUT2D eigenvalue weighted by Crippen LogP contribution is 2.32. The zero-order valence-corrected chi connectivity index (χ0v) is 14.3. The molecule has 1 heterocycles. The molecule has 1 aromatic carbocycles. The van der Waals surface area contributed by atoms with Gasteiger partial charge < -0.3 is 15.5 Å². The van der Waals surface area contributed by atoms with Gasteiger partial charge in [0.15, 0.2) is 5.69 Å². The zero-order chi connectivity index (χ0) is 18.9. The third-order valence-corrected chi connectivity index (χ3v) is 3.82. The summed E-state index contributed by atoms with van der Waals surface area (Å²) in [6.07, 6.45) is -2.75. The average Bonchev–Trinajstić information content (AvgIpc) is 3.40. The van der Waals surface area contributed by atoms with Crippen LogP contribution in [0.5, 0.6) is 0 Å². The Morgan fingerprint density at radius 1 is 1.12 bits per heavy atom. The number of hydrogen-bond donors (Lipinski definition) is 2. The van der Waals surface area contributed by atoms with Crippen LogP contribution in [0.4, 0.5) is 36.3 Å². The van der Waals surface area contributed by atoms with E-state index >= 15 is 0 Å². The maximum atomic E-state index is 13.0. The van der Waals surface area contributed by atoms with Crippen molar-refractivity contribution in [1.82, 2.24) is 9.97 Å². The molecule has 1 aromatic heterocycles. The van der Waals surface area contributed by atoms with Gasteiger partial charge in [0.2, 0.25) is 11.9 Å². The predicted molar refractivity (Wildman–Crippen MR) is 92.4 cm³/mol. The molecule has 9 heteroatoms. The second-order valence-electron chi connectivity index (χ2n) is 6.29. The van der Waals surface area contributed by atoms with Crippen LogP contribution in [0.2, 0.25) is 0 Å². The van der Waals surface area contributed by atoms with Crippen molar-refractivity contribution in [3.63, 3.8) is 0 Å². The Bertz CT molecular complexity index is 801.